The molecule has 0 aliphatic carbocycles. The van der Waals surface area contributed by atoms with Crippen LogP contribution in [-0.4, -0.2) is 27.8 Å². The second-order valence-electron chi connectivity index (χ2n) is 4.06. The van der Waals surface area contributed by atoms with Crippen molar-refractivity contribution in [3.8, 4) is 0 Å². The Balaban J connectivity index is 2.27. The van der Waals surface area contributed by atoms with E-state index in [4.69, 9.17) is 0 Å². The van der Waals surface area contributed by atoms with Crippen LogP contribution in [0.2, 0.25) is 0 Å². The van der Waals surface area contributed by atoms with Gasteiger partial charge in [-0.05, 0) is 19.1 Å². The molecule has 1 atom stereocenters. The lowest BCUT2D eigenvalue weighted by molar-refractivity contribution is -0.118. The number of H-pyrrole nitrogens is 1. The van der Waals surface area contributed by atoms with Crippen LogP contribution in [0.25, 0.3) is 10.9 Å². The molecule has 2 N–H and O–H groups in total. The molecule has 0 saturated heterocycles. The number of hydrogen-bond acceptors (Lipinski definition) is 3. The highest BCUT2D eigenvalue weighted by atomic mass is 16.3. The van der Waals surface area contributed by atoms with Gasteiger partial charge in [-0.2, -0.15) is 0 Å². The third-order valence-electron chi connectivity index (χ3n) is 2.58. The number of benzene rings is 1. The molecule has 2 rings (SSSR count). The SMILES string of the molecule is CC(=O)CC(O)C(=O)c1cc2ccccc2[nH]1. The lowest BCUT2D eigenvalue weighted by Gasteiger charge is -2.04. The van der Waals surface area contributed by atoms with Crippen molar-refractivity contribution < 1.29 is 14.7 Å². The number of rotatable bonds is 4. The summed E-state index contributed by atoms with van der Waals surface area (Å²) in [5, 5.41) is 10.5. The highest BCUT2D eigenvalue weighted by molar-refractivity contribution is 6.03. The van der Waals surface area contributed by atoms with Crippen LogP contribution in [0.3, 0.4) is 0 Å². The summed E-state index contributed by atoms with van der Waals surface area (Å²) in [6.07, 6.45) is -1.41. The Morgan fingerprint density at radius 3 is 2.71 bits per heavy atom. The zero-order chi connectivity index (χ0) is 12.4. The predicted octanol–water partition coefficient (Wildman–Crippen LogP) is 1.69. The van der Waals surface area contributed by atoms with Crippen molar-refractivity contribution >= 4 is 22.5 Å². The van der Waals surface area contributed by atoms with Crippen molar-refractivity contribution in [3.05, 3.63) is 36.0 Å². The largest absolute Gasteiger partial charge is 0.384 e. The monoisotopic (exact) mass is 231 g/mol. The smallest absolute Gasteiger partial charge is 0.207 e. The fraction of sp³-hybridized carbons (Fsp3) is 0.231. The van der Waals surface area contributed by atoms with Gasteiger partial charge in [0.15, 0.2) is 0 Å². The third-order valence-corrected chi connectivity index (χ3v) is 2.58. The first-order chi connectivity index (χ1) is 8.08. The van der Waals surface area contributed by atoms with Crippen LogP contribution in [-0.2, 0) is 4.79 Å². The van der Waals surface area contributed by atoms with Crippen LogP contribution >= 0.6 is 0 Å². The number of para-hydroxylation sites is 1. The van der Waals surface area contributed by atoms with Crippen molar-refractivity contribution in [2.24, 2.45) is 0 Å². The molecule has 0 bridgehead atoms. The Hall–Kier alpha value is -1.94. The molecule has 0 saturated carbocycles. The van der Waals surface area contributed by atoms with Crippen molar-refractivity contribution in [2.45, 2.75) is 19.4 Å². The van der Waals surface area contributed by atoms with E-state index in [0.29, 0.717) is 5.69 Å². The maximum Gasteiger partial charge on any atom is 0.207 e. The van der Waals surface area contributed by atoms with Crippen LogP contribution < -0.4 is 0 Å². The number of fused-ring (bicyclic) bond motifs is 1. The summed E-state index contributed by atoms with van der Waals surface area (Å²) in [5.41, 5.74) is 1.17. The van der Waals surface area contributed by atoms with Crippen LogP contribution in [0.1, 0.15) is 23.8 Å². The molecular formula is C13H13NO3. The van der Waals surface area contributed by atoms with Gasteiger partial charge >= 0.3 is 0 Å². The molecule has 0 aliphatic rings. The van der Waals surface area contributed by atoms with Crippen molar-refractivity contribution in [1.82, 2.24) is 4.98 Å². The molecule has 4 nitrogen and oxygen atoms in total. The first-order valence-corrected chi connectivity index (χ1v) is 5.37. The van der Waals surface area contributed by atoms with E-state index in [1.165, 1.54) is 6.92 Å². The lowest BCUT2D eigenvalue weighted by Crippen LogP contribution is -2.23. The van der Waals surface area contributed by atoms with Gasteiger partial charge < -0.3 is 10.1 Å². The number of Topliss-reactive ketones (excluding diaryl/α,β-unsaturated/α-hetero) is 2. The minimum absolute atomic E-state index is 0.145. The summed E-state index contributed by atoms with van der Waals surface area (Å²) in [6.45, 7) is 1.35. The number of carbonyl (C=O) groups is 2. The van der Waals surface area contributed by atoms with Crippen LogP contribution in [0.4, 0.5) is 0 Å². The van der Waals surface area contributed by atoms with Gasteiger partial charge in [0, 0.05) is 17.3 Å². The number of nitrogens with one attached hydrogen (secondary N) is 1. The van der Waals surface area contributed by atoms with Gasteiger partial charge in [-0.25, -0.2) is 0 Å². The van der Waals surface area contributed by atoms with E-state index in [-0.39, 0.29) is 12.2 Å². The molecule has 1 unspecified atom stereocenters. The summed E-state index contributed by atoms with van der Waals surface area (Å²) >= 11 is 0. The van der Waals surface area contributed by atoms with Gasteiger partial charge in [0.2, 0.25) is 5.78 Å². The topological polar surface area (TPSA) is 70.2 Å². The summed E-state index contributed by atoms with van der Waals surface area (Å²) in [7, 11) is 0. The van der Waals surface area contributed by atoms with E-state index >= 15 is 0 Å². The fourth-order valence-electron chi connectivity index (χ4n) is 1.75. The summed E-state index contributed by atoms with van der Waals surface area (Å²) in [4.78, 5) is 25.6. The second-order valence-corrected chi connectivity index (χ2v) is 4.06. The highest BCUT2D eigenvalue weighted by Gasteiger charge is 2.20. The van der Waals surface area contributed by atoms with Gasteiger partial charge in [-0.15, -0.1) is 0 Å². The molecule has 0 radical (unpaired) electrons. The molecular weight excluding hydrogens is 218 g/mol. The van der Waals surface area contributed by atoms with E-state index in [9.17, 15) is 14.7 Å². The molecule has 0 fully saturated rings. The average Bonchev–Trinajstić information content (AvgIpc) is 2.70. The minimum atomic E-state index is -1.26. The molecule has 17 heavy (non-hydrogen) atoms. The molecule has 1 aromatic heterocycles. The number of aromatic amines is 1. The number of aromatic nitrogens is 1. The normalized spacial score (nSPS) is 12.6. The summed E-state index contributed by atoms with van der Waals surface area (Å²) in [5.74, 6) is -0.654. The van der Waals surface area contributed by atoms with Gasteiger partial charge in [0.1, 0.15) is 11.9 Å². The van der Waals surface area contributed by atoms with Crippen molar-refractivity contribution in [1.29, 1.82) is 0 Å². The van der Waals surface area contributed by atoms with Crippen LogP contribution in [0.5, 0.6) is 0 Å². The number of hydrogen-bond donors (Lipinski definition) is 2. The second kappa shape index (κ2) is 4.51. The Bertz CT molecular complexity index is 538. The minimum Gasteiger partial charge on any atom is -0.384 e. The van der Waals surface area contributed by atoms with E-state index < -0.39 is 11.9 Å². The molecule has 88 valence electrons. The third kappa shape index (κ3) is 2.42. The standard InChI is InChI=1S/C13H13NO3/c1-8(15)6-12(16)13(17)11-7-9-4-2-3-5-10(9)14-11/h2-5,7,12,14,16H,6H2,1H3. The van der Waals surface area contributed by atoms with E-state index in [1.807, 2.05) is 24.3 Å². The molecule has 2 aromatic rings. The number of aliphatic hydroxyl groups excluding tert-OH is 1. The Morgan fingerprint density at radius 1 is 1.35 bits per heavy atom. The fourth-order valence-corrected chi connectivity index (χ4v) is 1.75. The predicted molar refractivity (Wildman–Crippen MR) is 63.9 cm³/mol. The van der Waals surface area contributed by atoms with Crippen molar-refractivity contribution in [2.75, 3.05) is 0 Å². The maximum absolute atomic E-state index is 11.8. The molecule has 0 amide bonds. The summed E-state index contributed by atoms with van der Waals surface area (Å²) in [6, 6.07) is 9.14. The lowest BCUT2D eigenvalue weighted by atomic mass is 10.1. The average molecular weight is 231 g/mol. The first kappa shape index (κ1) is 11.5. The Labute approximate surface area is 98.3 Å². The zero-order valence-corrected chi connectivity index (χ0v) is 9.43. The molecule has 4 heteroatoms. The number of aliphatic hydroxyl groups is 1. The molecule has 1 aromatic carbocycles. The van der Waals surface area contributed by atoms with Gasteiger partial charge in [0.25, 0.3) is 0 Å². The van der Waals surface area contributed by atoms with E-state index in [0.717, 1.165) is 10.9 Å². The maximum atomic E-state index is 11.8. The number of ketones is 2. The Morgan fingerprint density at radius 2 is 2.06 bits per heavy atom. The molecule has 0 spiro atoms. The Kier molecular flexibility index (Phi) is 3.06. The van der Waals surface area contributed by atoms with Gasteiger partial charge in [0.05, 0.1) is 5.69 Å². The van der Waals surface area contributed by atoms with Crippen LogP contribution in [0.15, 0.2) is 30.3 Å². The van der Waals surface area contributed by atoms with Crippen LogP contribution in [0, 0.1) is 0 Å². The highest BCUT2D eigenvalue weighted by Crippen LogP contribution is 2.16. The van der Waals surface area contributed by atoms with Gasteiger partial charge in [-0.1, -0.05) is 18.2 Å². The van der Waals surface area contributed by atoms with E-state index in [2.05, 4.69) is 4.98 Å². The number of carbonyl (C=O) groups excluding carboxylic acids is 2. The quantitative estimate of drug-likeness (QED) is 0.786. The molecule has 1 heterocycles. The molecule has 0 aliphatic heterocycles. The summed E-state index contributed by atoms with van der Waals surface area (Å²) < 4.78 is 0. The van der Waals surface area contributed by atoms with Crippen molar-refractivity contribution in [3.63, 3.8) is 0 Å². The van der Waals surface area contributed by atoms with Gasteiger partial charge in [-0.3, -0.25) is 9.59 Å². The van der Waals surface area contributed by atoms with E-state index in [1.54, 1.807) is 6.07 Å². The first-order valence-electron chi connectivity index (χ1n) is 5.37. The zero-order valence-electron chi connectivity index (χ0n) is 9.43.